The van der Waals surface area contributed by atoms with Crippen LogP contribution in [0.4, 0.5) is 10.5 Å². The second-order valence-electron chi connectivity index (χ2n) is 7.50. The molecule has 1 heterocycles. The largest absolute Gasteiger partial charge is 0.497 e. The van der Waals surface area contributed by atoms with Crippen LogP contribution >= 0.6 is 11.6 Å². The average molecular weight is 445 g/mol. The van der Waals surface area contributed by atoms with Gasteiger partial charge < -0.3 is 14.8 Å². The van der Waals surface area contributed by atoms with Crippen LogP contribution in [0.5, 0.6) is 5.75 Å². The molecular formula is C22H21ClN2O6. The van der Waals surface area contributed by atoms with E-state index in [9.17, 15) is 19.2 Å². The van der Waals surface area contributed by atoms with Crippen LogP contribution in [0.3, 0.4) is 0 Å². The highest BCUT2D eigenvalue weighted by atomic mass is 35.5. The standard InChI is InChI=1S/C22H21ClN2O6/c1-12-5-8-14(23)11-16(12)24-19(27)17(25-20(28)22(2,3)31-21(25)29)18(26)13-6-9-15(30-4)10-7-13/h5-11,17H,1-4H3,(H,24,27). The number of nitrogens with zero attached hydrogens (tertiary/aromatic N) is 1. The smallest absolute Gasteiger partial charge is 0.418 e. The van der Waals surface area contributed by atoms with Crippen molar-refractivity contribution < 1.29 is 28.7 Å². The van der Waals surface area contributed by atoms with Crippen molar-refractivity contribution in [3.05, 3.63) is 58.6 Å². The Balaban J connectivity index is 2.02. The van der Waals surface area contributed by atoms with E-state index in [4.69, 9.17) is 21.1 Å². The first-order valence-corrected chi connectivity index (χ1v) is 9.75. The van der Waals surface area contributed by atoms with Gasteiger partial charge in [-0.3, -0.25) is 14.4 Å². The minimum Gasteiger partial charge on any atom is -0.497 e. The zero-order valence-electron chi connectivity index (χ0n) is 17.4. The molecule has 3 rings (SSSR count). The Hall–Kier alpha value is -3.39. The van der Waals surface area contributed by atoms with Crippen LogP contribution in [0.25, 0.3) is 0 Å². The van der Waals surface area contributed by atoms with Crippen molar-refractivity contribution in [3.8, 4) is 5.75 Å². The molecule has 0 radical (unpaired) electrons. The number of nitrogens with one attached hydrogen (secondary N) is 1. The summed E-state index contributed by atoms with van der Waals surface area (Å²) in [5.41, 5.74) is -0.343. The number of anilines is 1. The number of halogens is 1. The molecular weight excluding hydrogens is 424 g/mol. The third kappa shape index (κ3) is 4.39. The lowest BCUT2D eigenvalue weighted by Crippen LogP contribution is -2.53. The Bertz CT molecular complexity index is 1060. The quantitative estimate of drug-likeness (QED) is 0.539. The molecule has 8 nitrogen and oxygen atoms in total. The summed E-state index contributed by atoms with van der Waals surface area (Å²) >= 11 is 6.01. The summed E-state index contributed by atoms with van der Waals surface area (Å²) in [6.07, 6.45) is -1.07. The number of imide groups is 1. The maximum absolute atomic E-state index is 13.3. The first-order chi connectivity index (χ1) is 14.5. The topological polar surface area (TPSA) is 102 Å². The molecule has 1 aliphatic rings. The molecule has 0 bridgehead atoms. The zero-order valence-corrected chi connectivity index (χ0v) is 18.1. The van der Waals surface area contributed by atoms with Gasteiger partial charge in [-0.2, -0.15) is 0 Å². The maximum Gasteiger partial charge on any atom is 0.418 e. The predicted molar refractivity (Wildman–Crippen MR) is 113 cm³/mol. The van der Waals surface area contributed by atoms with Crippen LogP contribution in [0.2, 0.25) is 5.02 Å². The Kier molecular flexibility index (Phi) is 6.03. The summed E-state index contributed by atoms with van der Waals surface area (Å²) < 4.78 is 10.2. The minimum atomic E-state index is -1.77. The Morgan fingerprint density at radius 1 is 1.13 bits per heavy atom. The van der Waals surface area contributed by atoms with Gasteiger partial charge in [0.2, 0.25) is 0 Å². The van der Waals surface area contributed by atoms with E-state index in [0.717, 1.165) is 0 Å². The second kappa shape index (κ2) is 8.39. The van der Waals surface area contributed by atoms with Gasteiger partial charge in [0.1, 0.15) is 5.75 Å². The monoisotopic (exact) mass is 444 g/mol. The van der Waals surface area contributed by atoms with E-state index in [1.807, 2.05) is 0 Å². The van der Waals surface area contributed by atoms with Gasteiger partial charge in [0, 0.05) is 16.3 Å². The number of carbonyl (C=O) groups excluding carboxylic acids is 4. The molecule has 1 atom stereocenters. The lowest BCUT2D eigenvalue weighted by molar-refractivity contribution is -0.137. The first kappa shape index (κ1) is 22.3. The van der Waals surface area contributed by atoms with Crippen LogP contribution in [0.15, 0.2) is 42.5 Å². The number of ketones is 1. The van der Waals surface area contributed by atoms with Crippen molar-refractivity contribution in [2.75, 3.05) is 12.4 Å². The van der Waals surface area contributed by atoms with Crippen molar-refractivity contribution in [1.82, 2.24) is 4.90 Å². The summed E-state index contributed by atoms with van der Waals surface area (Å²) in [5, 5.41) is 2.97. The van der Waals surface area contributed by atoms with E-state index in [2.05, 4.69) is 5.32 Å². The number of benzene rings is 2. The highest BCUT2D eigenvalue weighted by Gasteiger charge is 2.53. The molecule has 1 fully saturated rings. The Labute approximate surface area is 184 Å². The van der Waals surface area contributed by atoms with Gasteiger partial charge >= 0.3 is 6.09 Å². The van der Waals surface area contributed by atoms with Crippen LogP contribution in [-0.2, 0) is 14.3 Å². The van der Waals surface area contributed by atoms with E-state index in [1.54, 1.807) is 19.1 Å². The lowest BCUT2D eigenvalue weighted by Gasteiger charge is -2.23. The van der Waals surface area contributed by atoms with Gasteiger partial charge in [-0.25, -0.2) is 9.69 Å². The molecule has 0 saturated carbocycles. The van der Waals surface area contributed by atoms with Gasteiger partial charge in [-0.15, -0.1) is 0 Å². The molecule has 3 amide bonds. The molecule has 1 saturated heterocycles. The Morgan fingerprint density at radius 2 is 1.77 bits per heavy atom. The van der Waals surface area contributed by atoms with Crippen molar-refractivity contribution in [3.63, 3.8) is 0 Å². The number of ether oxygens (including phenoxy) is 2. The van der Waals surface area contributed by atoms with Gasteiger partial charge in [0.15, 0.2) is 17.4 Å². The number of hydrogen-bond acceptors (Lipinski definition) is 6. The summed E-state index contributed by atoms with van der Waals surface area (Å²) in [6, 6.07) is 9.06. The van der Waals surface area contributed by atoms with Crippen LogP contribution in [0, 0.1) is 6.92 Å². The number of rotatable bonds is 6. The van der Waals surface area contributed by atoms with Crippen LogP contribution in [-0.4, -0.2) is 47.3 Å². The van der Waals surface area contributed by atoms with Crippen molar-refractivity contribution >= 4 is 41.0 Å². The molecule has 162 valence electrons. The zero-order chi connectivity index (χ0) is 22.9. The second-order valence-corrected chi connectivity index (χ2v) is 7.93. The van der Waals surface area contributed by atoms with E-state index in [1.165, 1.54) is 51.3 Å². The fraction of sp³-hybridized carbons (Fsp3) is 0.273. The maximum atomic E-state index is 13.3. The first-order valence-electron chi connectivity index (χ1n) is 9.37. The predicted octanol–water partition coefficient (Wildman–Crippen LogP) is 3.60. The van der Waals surface area contributed by atoms with Crippen molar-refractivity contribution in [2.24, 2.45) is 0 Å². The molecule has 2 aromatic rings. The van der Waals surface area contributed by atoms with E-state index in [-0.39, 0.29) is 5.56 Å². The average Bonchev–Trinajstić information content (AvgIpc) is 2.92. The molecule has 31 heavy (non-hydrogen) atoms. The summed E-state index contributed by atoms with van der Waals surface area (Å²) in [6.45, 7) is 4.52. The minimum absolute atomic E-state index is 0.120. The SMILES string of the molecule is COc1ccc(C(=O)C(C(=O)Nc2cc(Cl)ccc2C)N2C(=O)OC(C)(C)C2=O)cc1. The number of amides is 3. The third-order valence-corrected chi connectivity index (χ3v) is 5.10. The normalized spacial score (nSPS) is 16.0. The summed E-state index contributed by atoms with van der Waals surface area (Å²) in [5.74, 6) is -1.90. The number of cyclic esters (lactones) is 1. The van der Waals surface area contributed by atoms with Gasteiger partial charge in [-0.05, 0) is 62.7 Å². The molecule has 0 aliphatic carbocycles. The number of Topliss-reactive ketones (excluding diaryl/α,β-unsaturated/α-hetero) is 1. The number of aryl methyl sites for hydroxylation is 1. The fourth-order valence-electron chi connectivity index (χ4n) is 3.10. The van der Waals surface area contributed by atoms with E-state index in [0.29, 0.717) is 26.9 Å². The number of carbonyl (C=O) groups is 4. The highest BCUT2D eigenvalue weighted by Crippen LogP contribution is 2.28. The van der Waals surface area contributed by atoms with E-state index >= 15 is 0 Å². The summed E-state index contributed by atoms with van der Waals surface area (Å²) in [7, 11) is 1.47. The molecule has 9 heteroatoms. The van der Waals surface area contributed by atoms with Crippen molar-refractivity contribution in [1.29, 1.82) is 0 Å². The van der Waals surface area contributed by atoms with Crippen LogP contribution in [0.1, 0.15) is 29.8 Å². The fourth-order valence-corrected chi connectivity index (χ4v) is 3.28. The van der Waals surface area contributed by atoms with Gasteiger partial charge in [0.05, 0.1) is 7.11 Å². The number of methoxy groups -OCH3 is 1. The molecule has 1 aliphatic heterocycles. The number of hydrogen-bond donors (Lipinski definition) is 1. The molecule has 1 N–H and O–H groups in total. The van der Waals surface area contributed by atoms with Crippen LogP contribution < -0.4 is 10.1 Å². The van der Waals surface area contributed by atoms with Gasteiger partial charge in [0.25, 0.3) is 11.8 Å². The molecule has 0 spiro atoms. The lowest BCUT2D eigenvalue weighted by atomic mass is 10.00. The van der Waals surface area contributed by atoms with E-state index < -0.39 is 35.3 Å². The summed E-state index contributed by atoms with van der Waals surface area (Å²) in [4.78, 5) is 52.3. The highest BCUT2D eigenvalue weighted by molar-refractivity contribution is 6.31. The van der Waals surface area contributed by atoms with Gasteiger partial charge in [-0.1, -0.05) is 17.7 Å². The molecule has 1 unspecified atom stereocenters. The third-order valence-electron chi connectivity index (χ3n) is 4.86. The van der Waals surface area contributed by atoms with Crippen molar-refractivity contribution in [2.45, 2.75) is 32.4 Å². The molecule has 0 aromatic heterocycles. The molecule has 2 aromatic carbocycles. The Morgan fingerprint density at radius 3 is 2.32 bits per heavy atom.